The summed E-state index contributed by atoms with van der Waals surface area (Å²) in [5.41, 5.74) is 1.11. The summed E-state index contributed by atoms with van der Waals surface area (Å²) < 4.78 is 42.1. The van der Waals surface area contributed by atoms with Crippen molar-refractivity contribution < 1.29 is 27.8 Å². The lowest BCUT2D eigenvalue weighted by atomic mass is 10.2. The average molecular weight is 464 g/mol. The number of halogens is 2. The van der Waals surface area contributed by atoms with Gasteiger partial charge >= 0.3 is 6.61 Å². The number of hydrogen-bond acceptors (Lipinski definition) is 6. The summed E-state index contributed by atoms with van der Waals surface area (Å²) in [5.74, 6) is 0.955. The summed E-state index contributed by atoms with van der Waals surface area (Å²) in [4.78, 5) is 12.4. The van der Waals surface area contributed by atoms with E-state index < -0.39 is 6.61 Å². The third-order valence-electron chi connectivity index (χ3n) is 4.41. The van der Waals surface area contributed by atoms with Gasteiger partial charge in [0.15, 0.2) is 22.1 Å². The van der Waals surface area contributed by atoms with Crippen molar-refractivity contribution in [2.24, 2.45) is 0 Å². The van der Waals surface area contributed by atoms with Gasteiger partial charge < -0.3 is 19.5 Å². The van der Waals surface area contributed by atoms with Gasteiger partial charge in [-0.3, -0.25) is 14.5 Å². The van der Waals surface area contributed by atoms with Crippen LogP contribution in [0.15, 0.2) is 42.5 Å². The second kappa shape index (κ2) is 10.7. The van der Waals surface area contributed by atoms with Crippen molar-refractivity contribution in [1.29, 1.82) is 0 Å². The highest BCUT2D eigenvalue weighted by atomic mass is 32.1. The predicted octanol–water partition coefficient (Wildman–Crippen LogP) is 4.65. The molecule has 11 heteroatoms. The first-order chi connectivity index (χ1) is 15.4. The number of rotatable bonds is 10. The number of aromatic amines is 1. The largest absolute Gasteiger partial charge is 0.494 e. The summed E-state index contributed by atoms with van der Waals surface area (Å²) in [5, 5.41) is 9.65. The van der Waals surface area contributed by atoms with Gasteiger partial charge in [0.2, 0.25) is 5.91 Å². The maximum atomic E-state index is 12.6. The number of methoxy groups -OCH3 is 1. The van der Waals surface area contributed by atoms with Crippen LogP contribution >= 0.6 is 12.2 Å². The zero-order valence-corrected chi connectivity index (χ0v) is 18.2. The van der Waals surface area contributed by atoms with Gasteiger partial charge in [0.1, 0.15) is 5.75 Å². The fourth-order valence-corrected chi connectivity index (χ4v) is 3.22. The predicted molar refractivity (Wildman–Crippen MR) is 117 cm³/mol. The number of amides is 1. The fraction of sp³-hybridized carbons (Fsp3) is 0.286. The molecule has 0 aliphatic carbocycles. The van der Waals surface area contributed by atoms with E-state index in [0.717, 1.165) is 11.3 Å². The van der Waals surface area contributed by atoms with E-state index in [-0.39, 0.29) is 30.4 Å². The van der Waals surface area contributed by atoms with Crippen LogP contribution in [0.4, 0.5) is 14.5 Å². The summed E-state index contributed by atoms with van der Waals surface area (Å²) in [6.07, 6.45) is 0.0783. The van der Waals surface area contributed by atoms with Gasteiger partial charge in [-0.1, -0.05) is 0 Å². The topological polar surface area (TPSA) is 90.4 Å². The monoisotopic (exact) mass is 464 g/mol. The van der Waals surface area contributed by atoms with Crippen molar-refractivity contribution >= 4 is 23.8 Å². The SMILES string of the molecule is CCOc1ccc(-c2n[nH]c(=S)n2CCC(=O)Nc2ccc(OC)c(OC(F)F)c2)cc1. The zero-order chi connectivity index (χ0) is 23.1. The third kappa shape index (κ3) is 5.82. The Balaban J connectivity index is 1.68. The number of anilines is 1. The number of aromatic nitrogens is 3. The molecular formula is C21H22F2N4O4S. The minimum Gasteiger partial charge on any atom is -0.494 e. The minimum atomic E-state index is -3.01. The molecule has 0 bridgehead atoms. The highest BCUT2D eigenvalue weighted by Crippen LogP contribution is 2.31. The molecule has 0 unspecified atom stereocenters. The highest BCUT2D eigenvalue weighted by molar-refractivity contribution is 7.71. The van der Waals surface area contributed by atoms with Crippen LogP contribution in [0.3, 0.4) is 0 Å². The van der Waals surface area contributed by atoms with Crippen molar-refractivity contribution in [2.75, 3.05) is 19.0 Å². The lowest BCUT2D eigenvalue weighted by Gasteiger charge is -2.12. The van der Waals surface area contributed by atoms with Gasteiger partial charge in [0.05, 0.1) is 13.7 Å². The van der Waals surface area contributed by atoms with E-state index in [4.69, 9.17) is 21.7 Å². The summed E-state index contributed by atoms with van der Waals surface area (Å²) in [7, 11) is 1.34. The Bertz CT molecular complexity index is 1120. The molecule has 8 nitrogen and oxygen atoms in total. The lowest BCUT2D eigenvalue weighted by molar-refractivity contribution is -0.116. The average Bonchev–Trinajstić information content (AvgIpc) is 3.13. The number of benzene rings is 2. The molecule has 0 fully saturated rings. The van der Waals surface area contributed by atoms with Gasteiger partial charge in [0.25, 0.3) is 0 Å². The van der Waals surface area contributed by atoms with Gasteiger partial charge in [-0.05, 0) is 55.5 Å². The molecule has 0 atom stereocenters. The molecule has 0 spiro atoms. The number of carbonyl (C=O) groups is 1. The van der Waals surface area contributed by atoms with Crippen molar-refractivity contribution in [3.8, 4) is 28.6 Å². The molecule has 1 amide bonds. The minimum absolute atomic E-state index is 0.0783. The van der Waals surface area contributed by atoms with E-state index in [9.17, 15) is 13.6 Å². The molecule has 32 heavy (non-hydrogen) atoms. The normalized spacial score (nSPS) is 10.8. The summed E-state index contributed by atoms with van der Waals surface area (Å²) in [6.45, 7) is -0.279. The maximum Gasteiger partial charge on any atom is 0.387 e. The van der Waals surface area contributed by atoms with Crippen molar-refractivity contribution in [1.82, 2.24) is 14.8 Å². The van der Waals surface area contributed by atoms with Crippen LogP contribution in [-0.2, 0) is 11.3 Å². The molecule has 3 rings (SSSR count). The number of nitrogens with zero attached hydrogens (tertiary/aromatic N) is 2. The third-order valence-corrected chi connectivity index (χ3v) is 4.72. The Morgan fingerprint density at radius 1 is 1.22 bits per heavy atom. The van der Waals surface area contributed by atoms with Gasteiger partial charge in [0, 0.05) is 30.3 Å². The van der Waals surface area contributed by atoms with E-state index in [1.165, 1.54) is 25.3 Å². The van der Waals surface area contributed by atoms with E-state index in [1.807, 2.05) is 31.2 Å². The van der Waals surface area contributed by atoms with Crippen LogP contribution in [0.5, 0.6) is 17.2 Å². The van der Waals surface area contributed by atoms with E-state index >= 15 is 0 Å². The van der Waals surface area contributed by atoms with E-state index in [1.54, 1.807) is 4.57 Å². The van der Waals surface area contributed by atoms with Crippen molar-refractivity contribution in [3.05, 3.63) is 47.2 Å². The van der Waals surface area contributed by atoms with Crippen LogP contribution in [0.25, 0.3) is 11.4 Å². The Kier molecular flexibility index (Phi) is 7.77. The fourth-order valence-electron chi connectivity index (χ4n) is 2.99. The molecule has 0 radical (unpaired) electrons. The number of carbonyl (C=O) groups excluding carboxylic acids is 1. The number of H-pyrrole nitrogens is 1. The first-order valence-electron chi connectivity index (χ1n) is 9.72. The number of ether oxygens (including phenoxy) is 3. The molecule has 3 aromatic rings. The highest BCUT2D eigenvalue weighted by Gasteiger charge is 2.14. The smallest absolute Gasteiger partial charge is 0.387 e. The first-order valence-corrected chi connectivity index (χ1v) is 10.1. The molecular weight excluding hydrogens is 442 g/mol. The Morgan fingerprint density at radius 3 is 2.62 bits per heavy atom. The van der Waals surface area contributed by atoms with Crippen LogP contribution in [0.1, 0.15) is 13.3 Å². The van der Waals surface area contributed by atoms with Crippen LogP contribution in [0, 0.1) is 4.77 Å². The Labute approximate surface area is 188 Å². The molecule has 2 aromatic carbocycles. The second-order valence-corrected chi connectivity index (χ2v) is 6.89. The molecule has 1 aromatic heterocycles. The van der Waals surface area contributed by atoms with E-state index in [0.29, 0.717) is 22.9 Å². The molecule has 1 heterocycles. The standard InChI is InChI=1S/C21H22F2N4O4S/c1-3-30-15-7-4-13(5-8-15)19-25-26-21(32)27(19)11-10-18(28)24-14-6-9-16(29-2)17(12-14)31-20(22)23/h4-9,12,20H,3,10-11H2,1-2H3,(H,24,28)(H,26,32). The van der Waals surface area contributed by atoms with Crippen LogP contribution in [0.2, 0.25) is 0 Å². The molecule has 2 N–H and O–H groups in total. The first kappa shape index (κ1) is 23.2. The summed E-state index contributed by atoms with van der Waals surface area (Å²) in [6, 6.07) is 11.6. The molecule has 0 aliphatic heterocycles. The summed E-state index contributed by atoms with van der Waals surface area (Å²) >= 11 is 5.29. The van der Waals surface area contributed by atoms with Crippen molar-refractivity contribution in [2.45, 2.75) is 26.5 Å². The van der Waals surface area contributed by atoms with Gasteiger partial charge in [-0.2, -0.15) is 13.9 Å². The molecule has 0 aliphatic rings. The Hall–Kier alpha value is -3.47. The quantitative estimate of drug-likeness (QED) is 0.425. The number of alkyl halides is 2. The van der Waals surface area contributed by atoms with Crippen molar-refractivity contribution in [3.63, 3.8) is 0 Å². The van der Waals surface area contributed by atoms with E-state index in [2.05, 4.69) is 20.3 Å². The molecule has 0 saturated heterocycles. The Morgan fingerprint density at radius 2 is 1.97 bits per heavy atom. The van der Waals surface area contributed by atoms with Crippen LogP contribution in [-0.4, -0.2) is 41.0 Å². The zero-order valence-electron chi connectivity index (χ0n) is 17.4. The molecule has 170 valence electrons. The second-order valence-electron chi connectivity index (χ2n) is 6.50. The van der Waals surface area contributed by atoms with Crippen LogP contribution < -0.4 is 19.5 Å². The molecule has 0 saturated carbocycles. The maximum absolute atomic E-state index is 12.6. The van der Waals surface area contributed by atoms with Gasteiger partial charge in [-0.15, -0.1) is 0 Å². The lowest BCUT2D eigenvalue weighted by Crippen LogP contribution is -2.15. The number of hydrogen-bond donors (Lipinski definition) is 2. The number of nitrogens with one attached hydrogen (secondary N) is 2. The van der Waals surface area contributed by atoms with Gasteiger partial charge in [-0.25, -0.2) is 0 Å².